The standard InChI is InChI=1S/C15H23N3O2/c1-11(2)8-16-9-12-4-5-13(10-17-12)20-14-6-7-18(3)15(14)19/h4-5,10-11,14,16H,6-9H2,1-3H3. The van der Waals surface area contributed by atoms with Gasteiger partial charge in [-0.15, -0.1) is 0 Å². The molecule has 0 aromatic carbocycles. The van der Waals surface area contributed by atoms with E-state index in [4.69, 9.17) is 4.74 Å². The molecule has 1 N–H and O–H groups in total. The van der Waals surface area contributed by atoms with Gasteiger partial charge in [0, 0.05) is 26.6 Å². The Bertz CT molecular complexity index is 445. The molecule has 0 spiro atoms. The number of nitrogens with one attached hydrogen (secondary N) is 1. The lowest BCUT2D eigenvalue weighted by molar-refractivity contribution is -0.132. The van der Waals surface area contributed by atoms with E-state index < -0.39 is 0 Å². The predicted octanol–water partition coefficient (Wildman–Crippen LogP) is 1.44. The molecule has 2 rings (SSSR count). The Morgan fingerprint density at radius 2 is 2.30 bits per heavy atom. The number of likely N-dealkylation sites (N-methyl/N-ethyl adjacent to an activating group) is 1. The van der Waals surface area contributed by atoms with Gasteiger partial charge in [0.05, 0.1) is 11.9 Å². The third kappa shape index (κ3) is 3.93. The number of amides is 1. The zero-order chi connectivity index (χ0) is 14.5. The molecule has 2 heterocycles. The van der Waals surface area contributed by atoms with Crippen molar-refractivity contribution in [2.24, 2.45) is 5.92 Å². The molecule has 1 amide bonds. The van der Waals surface area contributed by atoms with Crippen molar-refractivity contribution in [1.82, 2.24) is 15.2 Å². The Morgan fingerprint density at radius 3 is 2.85 bits per heavy atom. The number of rotatable bonds is 6. The Morgan fingerprint density at radius 1 is 1.50 bits per heavy atom. The van der Waals surface area contributed by atoms with E-state index in [0.29, 0.717) is 11.7 Å². The Balaban J connectivity index is 1.84. The van der Waals surface area contributed by atoms with Crippen molar-refractivity contribution in [3.05, 3.63) is 24.0 Å². The SMILES string of the molecule is CC(C)CNCc1ccc(OC2CCN(C)C2=O)cn1. The number of nitrogens with zero attached hydrogens (tertiary/aromatic N) is 2. The van der Waals surface area contributed by atoms with Crippen molar-refractivity contribution < 1.29 is 9.53 Å². The summed E-state index contributed by atoms with van der Waals surface area (Å²) in [6.07, 6.45) is 2.08. The highest BCUT2D eigenvalue weighted by Gasteiger charge is 2.30. The average molecular weight is 277 g/mol. The average Bonchev–Trinajstić information content (AvgIpc) is 2.72. The first kappa shape index (κ1) is 14.8. The van der Waals surface area contributed by atoms with Crippen LogP contribution < -0.4 is 10.1 Å². The van der Waals surface area contributed by atoms with Crippen LogP contribution in [0.15, 0.2) is 18.3 Å². The second-order valence-electron chi connectivity index (χ2n) is 5.66. The number of ether oxygens (including phenoxy) is 1. The summed E-state index contributed by atoms with van der Waals surface area (Å²) >= 11 is 0. The first-order chi connectivity index (χ1) is 9.56. The summed E-state index contributed by atoms with van der Waals surface area (Å²) in [5, 5.41) is 3.34. The van der Waals surface area contributed by atoms with Crippen molar-refractivity contribution in [3.63, 3.8) is 0 Å². The zero-order valence-corrected chi connectivity index (χ0v) is 12.4. The maximum atomic E-state index is 11.8. The molecule has 1 fully saturated rings. The van der Waals surface area contributed by atoms with Crippen LogP contribution in [0, 0.1) is 5.92 Å². The van der Waals surface area contributed by atoms with Gasteiger partial charge in [-0.2, -0.15) is 0 Å². The smallest absolute Gasteiger partial charge is 0.263 e. The summed E-state index contributed by atoms with van der Waals surface area (Å²) in [4.78, 5) is 17.8. The van der Waals surface area contributed by atoms with Gasteiger partial charge in [-0.1, -0.05) is 13.8 Å². The van der Waals surface area contributed by atoms with Crippen LogP contribution in [0.1, 0.15) is 26.0 Å². The Kier molecular flexibility index (Phi) is 4.95. The van der Waals surface area contributed by atoms with Crippen LogP contribution in [-0.2, 0) is 11.3 Å². The monoisotopic (exact) mass is 277 g/mol. The van der Waals surface area contributed by atoms with Crippen LogP contribution in [0.5, 0.6) is 5.75 Å². The minimum atomic E-state index is -0.355. The number of pyridine rings is 1. The van der Waals surface area contributed by atoms with Gasteiger partial charge in [0.15, 0.2) is 6.10 Å². The van der Waals surface area contributed by atoms with E-state index in [9.17, 15) is 4.79 Å². The van der Waals surface area contributed by atoms with E-state index in [0.717, 1.165) is 31.7 Å². The molecular formula is C15H23N3O2. The summed E-state index contributed by atoms with van der Waals surface area (Å²) < 4.78 is 5.68. The molecule has 1 aliphatic heterocycles. The molecule has 20 heavy (non-hydrogen) atoms. The highest BCUT2D eigenvalue weighted by Crippen LogP contribution is 2.18. The van der Waals surface area contributed by atoms with Crippen molar-refractivity contribution in [2.45, 2.75) is 32.9 Å². The van der Waals surface area contributed by atoms with E-state index in [2.05, 4.69) is 24.1 Å². The fourth-order valence-corrected chi connectivity index (χ4v) is 2.14. The first-order valence-corrected chi connectivity index (χ1v) is 7.13. The molecule has 0 aliphatic carbocycles. The predicted molar refractivity (Wildman–Crippen MR) is 77.5 cm³/mol. The molecule has 1 aromatic heterocycles. The molecule has 110 valence electrons. The van der Waals surface area contributed by atoms with Crippen molar-refractivity contribution in [3.8, 4) is 5.75 Å². The van der Waals surface area contributed by atoms with Crippen LogP contribution >= 0.6 is 0 Å². The van der Waals surface area contributed by atoms with Crippen molar-refractivity contribution in [2.75, 3.05) is 20.1 Å². The Hall–Kier alpha value is -1.62. The molecule has 5 nitrogen and oxygen atoms in total. The van der Waals surface area contributed by atoms with Gasteiger partial charge in [0.25, 0.3) is 5.91 Å². The fourth-order valence-electron chi connectivity index (χ4n) is 2.14. The molecule has 1 aromatic rings. The van der Waals surface area contributed by atoms with Crippen LogP contribution in [0.3, 0.4) is 0 Å². The number of hydrogen-bond donors (Lipinski definition) is 1. The summed E-state index contributed by atoms with van der Waals surface area (Å²) in [6, 6.07) is 3.82. The van der Waals surface area contributed by atoms with E-state index in [1.165, 1.54) is 0 Å². The molecule has 1 aliphatic rings. The molecular weight excluding hydrogens is 254 g/mol. The van der Waals surface area contributed by atoms with Crippen LogP contribution in [0.2, 0.25) is 0 Å². The van der Waals surface area contributed by atoms with Gasteiger partial charge in [0.1, 0.15) is 5.75 Å². The normalized spacial score (nSPS) is 18.9. The summed E-state index contributed by atoms with van der Waals surface area (Å²) in [6.45, 7) is 6.83. The van der Waals surface area contributed by atoms with Gasteiger partial charge in [0.2, 0.25) is 0 Å². The third-order valence-corrected chi connectivity index (χ3v) is 3.31. The minimum absolute atomic E-state index is 0.0488. The van der Waals surface area contributed by atoms with Crippen molar-refractivity contribution in [1.29, 1.82) is 0 Å². The van der Waals surface area contributed by atoms with Crippen LogP contribution in [0.4, 0.5) is 0 Å². The molecule has 0 radical (unpaired) electrons. The maximum absolute atomic E-state index is 11.8. The lowest BCUT2D eigenvalue weighted by Gasteiger charge is -2.13. The first-order valence-electron chi connectivity index (χ1n) is 7.13. The Labute approximate surface area is 120 Å². The van der Waals surface area contributed by atoms with Gasteiger partial charge < -0.3 is 15.0 Å². The molecule has 1 saturated heterocycles. The topological polar surface area (TPSA) is 54.5 Å². The lowest BCUT2D eigenvalue weighted by atomic mass is 10.2. The van der Waals surface area contributed by atoms with Crippen molar-refractivity contribution >= 4 is 5.91 Å². The van der Waals surface area contributed by atoms with E-state index in [-0.39, 0.29) is 12.0 Å². The second kappa shape index (κ2) is 6.70. The minimum Gasteiger partial charge on any atom is -0.479 e. The molecule has 0 saturated carbocycles. The number of likely N-dealkylation sites (tertiary alicyclic amines) is 1. The molecule has 5 heteroatoms. The highest BCUT2D eigenvalue weighted by atomic mass is 16.5. The van der Waals surface area contributed by atoms with Crippen LogP contribution in [-0.4, -0.2) is 42.0 Å². The summed E-state index contributed by atoms with van der Waals surface area (Å²) in [5.74, 6) is 1.34. The number of carbonyl (C=O) groups excluding carboxylic acids is 1. The second-order valence-corrected chi connectivity index (χ2v) is 5.66. The molecule has 1 atom stereocenters. The van der Waals surface area contributed by atoms with Gasteiger partial charge in [-0.3, -0.25) is 9.78 Å². The number of aromatic nitrogens is 1. The third-order valence-electron chi connectivity index (χ3n) is 3.31. The zero-order valence-electron chi connectivity index (χ0n) is 12.4. The van der Waals surface area contributed by atoms with E-state index >= 15 is 0 Å². The van der Waals surface area contributed by atoms with E-state index in [1.54, 1.807) is 18.1 Å². The van der Waals surface area contributed by atoms with Gasteiger partial charge in [-0.05, 0) is 24.6 Å². The largest absolute Gasteiger partial charge is 0.479 e. The highest BCUT2D eigenvalue weighted by molar-refractivity contribution is 5.83. The maximum Gasteiger partial charge on any atom is 0.263 e. The lowest BCUT2D eigenvalue weighted by Crippen LogP contribution is -2.29. The summed E-state index contributed by atoms with van der Waals surface area (Å²) in [5.41, 5.74) is 0.980. The van der Waals surface area contributed by atoms with Crippen LogP contribution in [0.25, 0.3) is 0 Å². The van der Waals surface area contributed by atoms with Gasteiger partial charge in [-0.25, -0.2) is 0 Å². The number of hydrogen-bond acceptors (Lipinski definition) is 4. The quantitative estimate of drug-likeness (QED) is 0.855. The fraction of sp³-hybridized carbons (Fsp3) is 0.600. The molecule has 0 bridgehead atoms. The van der Waals surface area contributed by atoms with Gasteiger partial charge >= 0.3 is 0 Å². The summed E-state index contributed by atoms with van der Waals surface area (Å²) in [7, 11) is 1.80. The molecule has 1 unspecified atom stereocenters. The van der Waals surface area contributed by atoms with E-state index in [1.807, 2.05) is 12.1 Å². The number of carbonyl (C=O) groups is 1.